The van der Waals surface area contributed by atoms with Gasteiger partial charge in [0.05, 0.1) is 11.0 Å². The van der Waals surface area contributed by atoms with E-state index >= 15 is 0 Å². The van der Waals surface area contributed by atoms with Gasteiger partial charge in [-0.05, 0) is 25.3 Å². The lowest BCUT2D eigenvalue weighted by Gasteiger charge is -2.22. The zero-order valence-electron chi connectivity index (χ0n) is 9.80. The Morgan fingerprint density at radius 1 is 1.50 bits per heavy atom. The van der Waals surface area contributed by atoms with E-state index in [-0.39, 0.29) is 17.5 Å². The van der Waals surface area contributed by atoms with E-state index in [0.717, 1.165) is 25.9 Å². The third-order valence-corrected chi connectivity index (χ3v) is 3.05. The highest BCUT2D eigenvalue weighted by atomic mass is 35.5. The van der Waals surface area contributed by atoms with Crippen LogP contribution >= 0.6 is 11.6 Å². The first-order chi connectivity index (χ1) is 8.66. The van der Waals surface area contributed by atoms with E-state index in [0.29, 0.717) is 11.6 Å². The molecule has 1 aromatic carbocycles. The molecule has 1 unspecified atom stereocenters. The van der Waals surface area contributed by atoms with Crippen LogP contribution in [0.5, 0.6) is 5.75 Å². The topological polar surface area (TPSA) is 61.6 Å². The van der Waals surface area contributed by atoms with Gasteiger partial charge in [-0.1, -0.05) is 11.6 Å². The fourth-order valence-corrected chi connectivity index (χ4v) is 2.04. The lowest BCUT2D eigenvalue weighted by Crippen LogP contribution is -2.25. The highest BCUT2D eigenvalue weighted by Crippen LogP contribution is 2.30. The predicted octanol–water partition coefficient (Wildman–Crippen LogP) is 3.20. The number of hydrogen-bond acceptors (Lipinski definition) is 4. The molecule has 1 aliphatic heterocycles. The van der Waals surface area contributed by atoms with E-state index in [9.17, 15) is 10.1 Å². The lowest BCUT2D eigenvalue weighted by atomic mass is 10.1. The summed E-state index contributed by atoms with van der Waals surface area (Å²) in [7, 11) is 0. The molecule has 5 nitrogen and oxygen atoms in total. The zero-order valence-corrected chi connectivity index (χ0v) is 10.6. The first-order valence-electron chi connectivity index (χ1n) is 5.85. The second-order valence-corrected chi connectivity index (χ2v) is 4.61. The zero-order chi connectivity index (χ0) is 13.0. The van der Waals surface area contributed by atoms with E-state index in [2.05, 4.69) is 0 Å². The van der Waals surface area contributed by atoms with Crippen molar-refractivity contribution in [3.05, 3.63) is 33.3 Å². The molecule has 1 aromatic rings. The van der Waals surface area contributed by atoms with Crippen LogP contribution in [0, 0.1) is 10.1 Å². The maximum Gasteiger partial charge on any atom is 0.311 e. The smallest absolute Gasteiger partial charge is 0.311 e. The maximum absolute atomic E-state index is 10.8. The van der Waals surface area contributed by atoms with Crippen LogP contribution in [0.1, 0.15) is 19.3 Å². The third-order valence-electron chi connectivity index (χ3n) is 2.82. The molecule has 0 N–H and O–H groups in total. The summed E-state index contributed by atoms with van der Waals surface area (Å²) in [5.41, 5.74) is -0.0739. The molecule has 1 saturated heterocycles. The van der Waals surface area contributed by atoms with E-state index in [1.807, 2.05) is 0 Å². The van der Waals surface area contributed by atoms with Crippen LogP contribution in [0.4, 0.5) is 5.69 Å². The summed E-state index contributed by atoms with van der Waals surface area (Å²) < 4.78 is 11.0. The molecule has 1 heterocycles. The summed E-state index contributed by atoms with van der Waals surface area (Å²) in [6.45, 7) is 1.05. The number of halogens is 1. The van der Waals surface area contributed by atoms with Crippen LogP contribution in [0.2, 0.25) is 5.02 Å². The number of benzene rings is 1. The average Bonchev–Trinajstić information content (AvgIpc) is 2.37. The predicted molar refractivity (Wildman–Crippen MR) is 67.2 cm³/mol. The minimum Gasteiger partial charge on any atom is -0.484 e. The molecule has 0 aromatic heterocycles. The van der Waals surface area contributed by atoms with Gasteiger partial charge in [0.25, 0.3) is 0 Å². The molecule has 1 fully saturated rings. The van der Waals surface area contributed by atoms with Gasteiger partial charge in [0.1, 0.15) is 6.61 Å². The van der Waals surface area contributed by atoms with Crippen molar-refractivity contribution in [1.29, 1.82) is 0 Å². The van der Waals surface area contributed by atoms with Crippen molar-refractivity contribution >= 4 is 17.3 Å². The number of nitro groups is 1. The minimum atomic E-state index is -0.479. The standard InChI is InChI=1S/C12H14ClNO4/c13-9-4-5-11(14(15)16)12(7-9)18-8-10-3-1-2-6-17-10/h4-5,7,10H,1-3,6,8H2. The largest absolute Gasteiger partial charge is 0.484 e. The molecule has 0 amide bonds. The van der Waals surface area contributed by atoms with Gasteiger partial charge in [0, 0.05) is 23.8 Å². The molecule has 2 rings (SSSR count). The van der Waals surface area contributed by atoms with Crippen molar-refractivity contribution in [3.8, 4) is 5.75 Å². The van der Waals surface area contributed by atoms with Crippen molar-refractivity contribution < 1.29 is 14.4 Å². The molecular weight excluding hydrogens is 258 g/mol. The van der Waals surface area contributed by atoms with Crippen molar-refractivity contribution in [3.63, 3.8) is 0 Å². The first-order valence-corrected chi connectivity index (χ1v) is 6.23. The normalized spacial score (nSPS) is 19.5. The number of nitrogens with zero attached hydrogens (tertiary/aromatic N) is 1. The summed E-state index contributed by atoms with van der Waals surface area (Å²) in [5.74, 6) is 0.196. The van der Waals surface area contributed by atoms with E-state index in [4.69, 9.17) is 21.1 Å². The van der Waals surface area contributed by atoms with Gasteiger partial charge in [-0.3, -0.25) is 10.1 Å². The molecule has 1 aliphatic rings. The van der Waals surface area contributed by atoms with Crippen LogP contribution < -0.4 is 4.74 Å². The Kier molecular flexibility index (Phi) is 4.38. The molecule has 0 saturated carbocycles. The maximum atomic E-state index is 10.8. The molecular formula is C12H14ClNO4. The highest BCUT2D eigenvalue weighted by Gasteiger charge is 2.19. The average molecular weight is 272 g/mol. The summed E-state index contributed by atoms with van der Waals surface area (Å²) >= 11 is 5.81. The van der Waals surface area contributed by atoms with Crippen LogP contribution in [0.15, 0.2) is 18.2 Å². The quantitative estimate of drug-likeness (QED) is 0.623. The summed E-state index contributed by atoms with van der Waals surface area (Å²) in [5, 5.41) is 11.3. The van der Waals surface area contributed by atoms with Gasteiger partial charge in [0.15, 0.2) is 5.75 Å². The Morgan fingerprint density at radius 2 is 2.33 bits per heavy atom. The number of ether oxygens (including phenoxy) is 2. The SMILES string of the molecule is O=[N+]([O-])c1ccc(Cl)cc1OCC1CCCCO1. The molecule has 1 atom stereocenters. The van der Waals surface area contributed by atoms with Gasteiger partial charge < -0.3 is 9.47 Å². The number of nitro benzene ring substituents is 1. The van der Waals surface area contributed by atoms with E-state index in [1.54, 1.807) is 0 Å². The second kappa shape index (κ2) is 6.02. The lowest BCUT2D eigenvalue weighted by molar-refractivity contribution is -0.385. The van der Waals surface area contributed by atoms with E-state index in [1.165, 1.54) is 18.2 Å². The van der Waals surface area contributed by atoms with E-state index < -0.39 is 4.92 Å². The Hall–Kier alpha value is -1.33. The molecule has 18 heavy (non-hydrogen) atoms. The minimum absolute atomic E-state index is 0.0114. The van der Waals surface area contributed by atoms with Crippen LogP contribution in [-0.4, -0.2) is 24.2 Å². The third kappa shape index (κ3) is 3.34. The van der Waals surface area contributed by atoms with Crippen molar-refractivity contribution in [2.24, 2.45) is 0 Å². The Labute approximate surface area is 110 Å². The molecule has 0 radical (unpaired) electrons. The fraction of sp³-hybridized carbons (Fsp3) is 0.500. The monoisotopic (exact) mass is 271 g/mol. The Bertz CT molecular complexity index is 432. The Morgan fingerprint density at radius 3 is 3.00 bits per heavy atom. The summed E-state index contributed by atoms with van der Waals surface area (Å²) in [6, 6.07) is 4.28. The highest BCUT2D eigenvalue weighted by molar-refractivity contribution is 6.30. The summed E-state index contributed by atoms with van der Waals surface area (Å²) in [4.78, 5) is 10.4. The van der Waals surface area contributed by atoms with Gasteiger partial charge in [0.2, 0.25) is 0 Å². The van der Waals surface area contributed by atoms with Gasteiger partial charge >= 0.3 is 5.69 Å². The van der Waals surface area contributed by atoms with Crippen LogP contribution in [0.3, 0.4) is 0 Å². The molecule has 0 bridgehead atoms. The van der Waals surface area contributed by atoms with Gasteiger partial charge in [-0.15, -0.1) is 0 Å². The molecule has 0 spiro atoms. The van der Waals surface area contributed by atoms with Crippen LogP contribution in [0.25, 0.3) is 0 Å². The summed E-state index contributed by atoms with van der Waals surface area (Å²) in [6.07, 6.45) is 3.10. The molecule has 98 valence electrons. The van der Waals surface area contributed by atoms with Crippen molar-refractivity contribution in [2.75, 3.05) is 13.2 Å². The number of rotatable bonds is 4. The van der Waals surface area contributed by atoms with Crippen molar-refractivity contribution in [2.45, 2.75) is 25.4 Å². The fourth-order valence-electron chi connectivity index (χ4n) is 1.88. The van der Waals surface area contributed by atoms with Gasteiger partial charge in [-0.2, -0.15) is 0 Å². The Balaban J connectivity index is 2.03. The second-order valence-electron chi connectivity index (χ2n) is 4.17. The first kappa shape index (κ1) is 13.1. The van der Waals surface area contributed by atoms with Crippen molar-refractivity contribution in [1.82, 2.24) is 0 Å². The van der Waals surface area contributed by atoms with Gasteiger partial charge in [-0.25, -0.2) is 0 Å². The van der Waals surface area contributed by atoms with Crippen LogP contribution in [-0.2, 0) is 4.74 Å². The molecule has 6 heteroatoms. The molecule has 0 aliphatic carbocycles. The number of hydrogen-bond donors (Lipinski definition) is 0.